The van der Waals surface area contributed by atoms with Crippen molar-refractivity contribution in [1.82, 2.24) is 34.8 Å². The Morgan fingerprint density at radius 1 is 1.20 bits per heavy atom. The molecule has 8 nitrogen and oxygen atoms in total. The molecule has 0 saturated heterocycles. The van der Waals surface area contributed by atoms with Crippen molar-refractivity contribution in [3.8, 4) is 16.9 Å². The zero-order valence-electron chi connectivity index (χ0n) is 16.4. The van der Waals surface area contributed by atoms with Gasteiger partial charge >= 0.3 is 0 Å². The number of carbonyl (C=O) groups excluding carboxylic acids is 1. The van der Waals surface area contributed by atoms with Crippen LogP contribution in [0.25, 0.3) is 16.9 Å². The molecule has 0 saturated carbocycles. The average Bonchev–Trinajstić information content (AvgIpc) is 3.39. The minimum atomic E-state index is -0.201. The van der Waals surface area contributed by atoms with Crippen molar-refractivity contribution in [2.24, 2.45) is 0 Å². The molecule has 3 aromatic heterocycles. The van der Waals surface area contributed by atoms with Crippen LogP contribution in [0.15, 0.2) is 61.1 Å². The van der Waals surface area contributed by atoms with Crippen molar-refractivity contribution in [2.45, 2.75) is 19.9 Å². The smallest absolute Gasteiger partial charge is 0.255 e. The number of hydrogen-bond acceptors (Lipinski definition) is 5. The molecule has 0 radical (unpaired) electrons. The quantitative estimate of drug-likeness (QED) is 0.449. The Bertz CT molecular complexity index is 1200. The van der Waals surface area contributed by atoms with Gasteiger partial charge in [0.1, 0.15) is 11.5 Å². The van der Waals surface area contributed by atoms with Crippen molar-refractivity contribution < 1.29 is 4.79 Å². The summed E-state index contributed by atoms with van der Waals surface area (Å²) in [6, 6.07) is 13.4. The van der Waals surface area contributed by atoms with Gasteiger partial charge in [0.05, 0.1) is 11.3 Å². The molecule has 0 atom stereocenters. The van der Waals surface area contributed by atoms with Gasteiger partial charge in [-0.1, -0.05) is 18.2 Å². The van der Waals surface area contributed by atoms with Crippen LogP contribution in [0.3, 0.4) is 0 Å². The number of benzene rings is 1. The lowest BCUT2D eigenvalue weighted by atomic mass is 10.1. The predicted molar refractivity (Wildman–Crippen MR) is 116 cm³/mol. The lowest BCUT2D eigenvalue weighted by molar-refractivity contribution is 0.0954. The van der Waals surface area contributed by atoms with Crippen molar-refractivity contribution >= 4 is 18.1 Å². The van der Waals surface area contributed by atoms with Crippen LogP contribution in [-0.2, 0) is 13.0 Å². The Hall–Kier alpha value is -3.59. The maximum atomic E-state index is 13.0. The zero-order valence-corrected chi connectivity index (χ0v) is 17.3. The first-order valence-electron chi connectivity index (χ1n) is 9.65. The molecule has 152 valence electrons. The number of hydrogen-bond donors (Lipinski definition) is 2. The Kier molecular flexibility index (Phi) is 5.80. The summed E-state index contributed by atoms with van der Waals surface area (Å²) in [5.41, 5.74) is 2.73. The molecular weight excluding hydrogens is 398 g/mol. The second kappa shape index (κ2) is 8.83. The number of rotatable bonds is 7. The maximum Gasteiger partial charge on any atom is 0.255 e. The number of nitrogens with zero attached hydrogens (tertiary/aromatic N) is 5. The summed E-state index contributed by atoms with van der Waals surface area (Å²) in [5.74, 6) is 0.614. The van der Waals surface area contributed by atoms with Gasteiger partial charge in [-0.25, -0.2) is 4.68 Å². The van der Waals surface area contributed by atoms with E-state index in [0.717, 1.165) is 23.6 Å². The van der Waals surface area contributed by atoms with E-state index in [1.807, 2.05) is 54.0 Å². The number of carbonyl (C=O) groups is 1. The predicted octanol–water partition coefficient (Wildman–Crippen LogP) is 3.18. The largest absolute Gasteiger partial charge is 0.351 e. The number of amides is 1. The van der Waals surface area contributed by atoms with Crippen molar-refractivity contribution in [3.63, 3.8) is 0 Å². The maximum absolute atomic E-state index is 13.0. The van der Waals surface area contributed by atoms with Crippen LogP contribution in [0.1, 0.15) is 23.1 Å². The third kappa shape index (κ3) is 4.06. The standard InChI is InChI=1S/C21H21N7OS/c1-2-27-18(24-25-21(27)30)10-12-23-20(29)17-14-28(16-8-4-3-5-9-16)26-19(17)15-7-6-11-22-13-15/h3-9,11,13-14H,2,10,12H2,1H3,(H,23,29)(H,25,30). The van der Waals surface area contributed by atoms with Gasteiger partial charge in [-0.15, -0.1) is 0 Å². The van der Waals surface area contributed by atoms with Crippen LogP contribution in [0.5, 0.6) is 0 Å². The SMILES string of the molecule is CCn1c(CCNC(=O)c2cn(-c3ccccc3)nc2-c2cccnc2)n[nH]c1=S. The normalized spacial score (nSPS) is 10.8. The first-order chi connectivity index (χ1) is 14.7. The monoisotopic (exact) mass is 419 g/mol. The van der Waals surface area contributed by atoms with E-state index in [9.17, 15) is 4.79 Å². The highest BCUT2D eigenvalue weighted by molar-refractivity contribution is 7.71. The zero-order chi connectivity index (χ0) is 20.9. The average molecular weight is 420 g/mol. The third-order valence-electron chi connectivity index (χ3n) is 4.70. The summed E-state index contributed by atoms with van der Waals surface area (Å²) in [6.07, 6.45) is 5.71. The molecule has 0 fully saturated rings. The summed E-state index contributed by atoms with van der Waals surface area (Å²) < 4.78 is 4.21. The Balaban J connectivity index is 1.58. The number of para-hydroxylation sites is 1. The second-order valence-electron chi connectivity index (χ2n) is 6.61. The van der Waals surface area contributed by atoms with Crippen LogP contribution < -0.4 is 5.32 Å². The molecule has 1 aromatic carbocycles. The highest BCUT2D eigenvalue weighted by Crippen LogP contribution is 2.23. The van der Waals surface area contributed by atoms with Crippen LogP contribution in [0, 0.1) is 4.77 Å². The molecule has 4 rings (SSSR count). The third-order valence-corrected chi connectivity index (χ3v) is 5.01. The van der Waals surface area contributed by atoms with Gasteiger partial charge in [-0.2, -0.15) is 10.2 Å². The van der Waals surface area contributed by atoms with E-state index in [1.165, 1.54) is 0 Å². The Morgan fingerprint density at radius 3 is 2.77 bits per heavy atom. The molecule has 0 bridgehead atoms. The van der Waals surface area contributed by atoms with E-state index in [0.29, 0.717) is 29.0 Å². The van der Waals surface area contributed by atoms with Crippen LogP contribution in [-0.4, -0.2) is 42.0 Å². The summed E-state index contributed by atoms with van der Waals surface area (Å²) in [5, 5.41) is 14.6. The van der Waals surface area contributed by atoms with E-state index in [1.54, 1.807) is 23.3 Å². The highest BCUT2D eigenvalue weighted by Gasteiger charge is 2.19. The number of H-pyrrole nitrogens is 1. The molecule has 0 spiro atoms. The fourth-order valence-corrected chi connectivity index (χ4v) is 3.50. The van der Waals surface area contributed by atoms with E-state index in [-0.39, 0.29) is 5.91 Å². The molecule has 1 amide bonds. The second-order valence-corrected chi connectivity index (χ2v) is 7.00. The van der Waals surface area contributed by atoms with Gasteiger partial charge in [-0.05, 0) is 43.4 Å². The molecule has 0 aliphatic rings. The Labute approximate surface area is 178 Å². The highest BCUT2D eigenvalue weighted by atomic mass is 32.1. The minimum absolute atomic E-state index is 0.201. The molecule has 0 unspecified atom stereocenters. The number of nitrogens with one attached hydrogen (secondary N) is 2. The minimum Gasteiger partial charge on any atom is -0.351 e. The van der Waals surface area contributed by atoms with Gasteiger partial charge in [0.2, 0.25) is 0 Å². The summed E-state index contributed by atoms with van der Waals surface area (Å²) in [7, 11) is 0. The first-order valence-corrected chi connectivity index (χ1v) is 10.1. The van der Waals surface area contributed by atoms with Crippen molar-refractivity contribution in [3.05, 3.63) is 77.2 Å². The van der Waals surface area contributed by atoms with Gasteiger partial charge in [0, 0.05) is 43.7 Å². The Morgan fingerprint density at radius 2 is 2.03 bits per heavy atom. The lowest BCUT2D eigenvalue weighted by Gasteiger charge is -2.06. The van der Waals surface area contributed by atoms with Gasteiger partial charge in [0.25, 0.3) is 5.91 Å². The molecule has 0 aliphatic heterocycles. The number of aromatic amines is 1. The van der Waals surface area contributed by atoms with Crippen LogP contribution in [0.2, 0.25) is 0 Å². The fraction of sp³-hybridized carbons (Fsp3) is 0.190. The van der Waals surface area contributed by atoms with E-state index in [4.69, 9.17) is 12.2 Å². The molecule has 4 aromatic rings. The fourth-order valence-electron chi connectivity index (χ4n) is 3.22. The van der Waals surface area contributed by atoms with Crippen LogP contribution >= 0.6 is 12.2 Å². The van der Waals surface area contributed by atoms with Gasteiger partial charge in [-0.3, -0.25) is 14.9 Å². The van der Waals surface area contributed by atoms with E-state index >= 15 is 0 Å². The number of pyridine rings is 1. The van der Waals surface area contributed by atoms with Gasteiger partial charge < -0.3 is 9.88 Å². The van der Waals surface area contributed by atoms with E-state index < -0.39 is 0 Å². The summed E-state index contributed by atoms with van der Waals surface area (Å²) in [6.45, 7) is 3.17. The van der Waals surface area contributed by atoms with Crippen molar-refractivity contribution in [1.29, 1.82) is 0 Å². The topological polar surface area (TPSA) is 93.4 Å². The molecule has 30 heavy (non-hydrogen) atoms. The molecular formula is C21H21N7OS. The molecule has 3 heterocycles. The lowest BCUT2D eigenvalue weighted by Crippen LogP contribution is -2.26. The molecule has 0 aliphatic carbocycles. The van der Waals surface area contributed by atoms with Crippen molar-refractivity contribution in [2.75, 3.05) is 6.54 Å². The van der Waals surface area contributed by atoms with Crippen LogP contribution in [0.4, 0.5) is 0 Å². The molecule has 2 N–H and O–H groups in total. The van der Waals surface area contributed by atoms with Gasteiger partial charge in [0.15, 0.2) is 4.77 Å². The first kappa shape index (κ1) is 19.7. The number of aromatic nitrogens is 6. The summed E-state index contributed by atoms with van der Waals surface area (Å²) >= 11 is 5.21. The summed E-state index contributed by atoms with van der Waals surface area (Å²) in [4.78, 5) is 17.2. The van der Waals surface area contributed by atoms with E-state index in [2.05, 4.69) is 25.6 Å². The molecule has 9 heteroatoms.